The van der Waals surface area contributed by atoms with Crippen molar-refractivity contribution in [1.29, 1.82) is 0 Å². The molecule has 0 amide bonds. The maximum absolute atomic E-state index is 4.53. The quantitative estimate of drug-likeness (QED) is 0.493. The molecule has 4 aromatic rings. The van der Waals surface area contributed by atoms with Crippen LogP contribution in [-0.2, 0) is 0 Å². The fraction of sp³-hybridized carbons (Fsp3) is 0.167. The zero-order valence-corrected chi connectivity index (χ0v) is 16.2. The SMILES string of the molecule is Cc1ccc(-c2ccc(C#Cc3ccc4nc(NC(C)C)[nH]c4c3)nc2)cc1. The molecular weight excluding hydrogens is 344 g/mol. The highest BCUT2D eigenvalue weighted by molar-refractivity contribution is 5.79. The van der Waals surface area contributed by atoms with E-state index in [2.05, 4.69) is 83.2 Å². The molecule has 0 bridgehead atoms. The number of benzene rings is 2. The van der Waals surface area contributed by atoms with Crippen molar-refractivity contribution in [2.45, 2.75) is 26.8 Å². The molecule has 0 fully saturated rings. The van der Waals surface area contributed by atoms with Crippen LogP contribution in [0.25, 0.3) is 22.2 Å². The number of hydrogen-bond acceptors (Lipinski definition) is 3. The van der Waals surface area contributed by atoms with Crippen LogP contribution in [-0.4, -0.2) is 21.0 Å². The van der Waals surface area contributed by atoms with Crippen molar-refractivity contribution in [1.82, 2.24) is 15.0 Å². The minimum Gasteiger partial charge on any atom is -0.354 e. The highest BCUT2D eigenvalue weighted by Crippen LogP contribution is 2.19. The number of aryl methyl sites for hydroxylation is 1. The van der Waals surface area contributed by atoms with Gasteiger partial charge in [-0.3, -0.25) is 0 Å². The van der Waals surface area contributed by atoms with Crippen molar-refractivity contribution in [2.24, 2.45) is 0 Å². The first-order valence-corrected chi connectivity index (χ1v) is 9.38. The summed E-state index contributed by atoms with van der Waals surface area (Å²) in [7, 11) is 0. The lowest BCUT2D eigenvalue weighted by Crippen LogP contribution is -2.10. The minimum absolute atomic E-state index is 0.328. The van der Waals surface area contributed by atoms with Gasteiger partial charge in [0, 0.05) is 23.4 Å². The van der Waals surface area contributed by atoms with Gasteiger partial charge in [0.05, 0.1) is 11.0 Å². The van der Waals surface area contributed by atoms with Gasteiger partial charge in [-0.05, 0) is 56.5 Å². The Hall–Kier alpha value is -3.58. The number of nitrogens with zero attached hydrogens (tertiary/aromatic N) is 2. The molecule has 4 heteroatoms. The van der Waals surface area contributed by atoms with E-state index >= 15 is 0 Å². The van der Waals surface area contributed by atoms with Gasteiger partial charge in [-0.25, -0.2) is 9.97 Å². The van der Waals surface area contributed by atoms with E-state index in [1.165, 1.54) is 5.56 Å². The molecular formula is C24H22N4. The van der Waals surface area contributed by atoms with E-state index in [1.807, 2.05) is 30.5 Å². The van der Waals surface area contributed by atoms with Gasteiger partial charge < -0.3 is 10.3 Å². The van der Waals surface area contributed by atoms with Gasteiger partial charge in [-0.2, -0.15) is 0 Å². The highest BCUT2D eigenvalue weighted by Gasteiger charge is 2.04. The van der Waals surface area contributed by atoms with E-state index in [4.69, 9.17) is 0 Å². The molecule has 2 N–H and O–H groups in total. The lowest BCUT2D eigenvalue weighted by molar-refractivity contribution is 0.883. The summed E-state index contributed by atoms with van der Waals surface area (Å²) >= 11 is 0. The summed E-state index contributed by atoms with van der Waals surface area (Å²) in [5, 5.41) is 3.28. The van der Waals surface area contributed by atoms with Crippen molar-refractivity contribution >= 4 is 17.0 Å². The monoisotopic (exact) mass is 366 g/mol. The van der Waals surface area contributed by atoms with E-state index in [-0.39, 0.29) is 0 Å². The maximum atomic E-state index is 4.53. The summed E-state index contributed by atoms with van der Waals surface area (Å²) in [6, 6.07) is 18.8. The van der Waals surface area contributed by atoms with E-state index in [0.29, 0.717) is 6.04 Å². The van der Waals surface area contributed by atoms with Crippen LogP contribution in [0, 0.1) is 18.8 Å². The number of imidazole rings is 1. The van der Waals surface area contributed by atoms with E-state index < -0.39 is 0 Å². The summed E-state index contributed by atoms with van der Waals surface area (Å²) in [5.74, 6) is 7.11. The smallest absolute Gasteiger partial charge is 0.201 e. The first-order chi connectivity index (χ1) is 13.6. The lowest BCUT2D eigenvalue weighted by Gasteiger charge is -2.04. The Morgan fingerprint density at radius 2 is 1.71 bits per heavy atom. The molecule has 0 aliphatic rings. The van der Waals surface area contributed by atoms with Crippen LogP contribution < -0.4 is 5.32 Å². The third-order valence-corrected chi connectivity index (χ3v) is 4.39. The Balaban J connectivity index is 1.54. The van der Waals surface area contributed by atoms with Crippen LogP contribution in [0.3, 0.4) is 0 Å². The molecule has 0 aliphatic carbocycles. The van der Waals surface area contributed by atoms with Crippen LogP contribution in [0.4, 0.5) is 5.95 Å². The van der Waals surface area contributed by atoms with Crippen LogP contribution in [0.1, 0.15) is 30.7 Å². The van der Waals surface area contributed by atoms with Gasteiger partial charge in [0.15, 0.2) is 0 Å². The Kier molecular flexibility index (Phi) is 4.82. The van der Waals surface area contributed by atoms with E-state index in [1.54, 1.807) is 0 Å². The Morgan fingerprint density at radius 3 is 2.43 bits per heavy atom. The number of aromatic nitrogens is 3. The largest absolute Gasteiger partial charge is 0.354 e. The highest BCUT2D eigenvalue weighted by atomic mass is 15.1. The van der Waals surface area contributed by atoms with Crippen molar-refractivity contribution in [3.8, 4) is 23.0 Å². The van der Waals surface area contributed by atoms with Crippen LogP contribution in [0.5, 0.6) is 0 Å². The molecule has 0 atom stereocenters. The predicted octanol–water partition coefficient (Wildman–Crippen LogP) is 5.15. The molecule has 4 nitrogen and oxygen atoms in total. The summed E-state index contributed by atoms with van der Waals surface area (Å²) in [4.78, 5) is 12.3. The molecule has 0 saturated carbocycles. The number of hydrogen-bond donors (Lipinski definition) is 2. The summed E-state index contributed by atoms with van der Waals surface area (Å²) in [6.07, 6.45) is 1.87. The molecule has 4 rings (SSSR count). The average molecular weight is 366 g/mol. The summed E-state index contributed by atoms with van der Waals surface area (Å²) < 4.78 is 0. The number of pyridine rings is 1. The molecule has 0 saturated heterocycles. The number of fused-ring (bicyclic) bond motifs is 1. The zero-order chi connectivity index (χ0) is 19.5. The molecule has 138 valence electrons. The number of rotatable bonds is 3. The van der Waals surface area contributed by atoms with Crippen molar-refractivity contribution < 1.29 is 0 Å². The molecule has 0 aliphatic heterocycles. The topological polar surface area (TPSA) is 53.6 Å². The molecule has 28 heavy (non-hydrogen) atoms. The van der Waals surface area contributed by atoms with E-state index in [0.717, 1.165) is 39.4 Å². The number of nitrogens with one attached hydrogen (secondary N) is 2. The number of anilines is 1. The van der Waals surface area contributed by atoms with Gasteiger partial charge in [0.1, 0.15) is 5.69 Å². The molecule has 0 spiro atoms. The molecule has 0 unspecified atom stereocenters. The van der Waals surface area contributed by atoms with Crippen molar-refractivity contribution in [2.75, 3.05) is 5.32 Å². The fourth-order valence-electron chi connectivity index (χ4n) is 2.95. The van der Waals surface area contributed by atoms with Crippen LogP contribution in [0.2, 0.25) is 0 Å². The van der Waals surface area contributed by atoms with Gasteiger partial charge in [0.2, 0.25) is 5.95 Å². The lowest BCUT2D eigenvalue weighted by atomic mass is 10.1. The molecule has 0 radical (unpaired) electrons. The van der Waals surface area contributed by atoms with Gasteiger partial charge in [-0.1, -0.05) is 41.8 Å². The van der Waals surface area contributed by atoms with Crippen LogP contribution in [0.15, 0.2) is 60.8 Å². The Morgan fingerprint density at radius 1 is 0.929 bits per heavy atom. The zero-order valence-electron chi connectivity index (χ0n) is 16.2. The standard InChI is InChI=1S/C24H22N4/c1-16(2)26-24-27-22-13-7-18(14-23(22)28-24)6-11-21-12-10-20(15-25-21)19-8-4-17(3)5-9-19/h4-5,7-10,12-16H,1-3H3,(H2,26,27,28). The maximum Gasteiger partial charge on any atom is 0.201 e. The van der Waals surface area contributed by atoms with Gasteiger partial charge in [-0.15, -0.1) is 0 Å². The molecule has 2 aromatic carbocycles. The van der Waals surface area contributed by atoms with Gasteiger partial charge >= 0.3 is 0 Å². The third-order valence-electron chi connectivity index (χ3n) is 4.39. The van der Waals surface area contributed by atoms with Crippen molar-refractivity contribution in [3.05, 3.63) is 77.6 Å². The Labute approximate surface area is 165 Å². The minimum atomic E-state index is 0.328. The summed E-state index contributed by atoms with van der Waals surface area (Å²) in [5.41, 5.74) is 7.08. The van der Waals surface area contributed by atoms with E-state index in [9.17, 15) is 0 Å². The van der Waals surface area contributed by atoms with Crippen LogP contribution >= 0.6 is 0 Å². The fourth-order valence-corrected chi connectivity index (χ4v) is 2.95. The second-order valence-electron chi connectivity index (χ2n) is 7.16. The average Bonchev–Trinajstić information content (AvgIpc) is 3.08. The summed E-state index contributed by atoms with van der Waals surface area (Å²) in [6.45, 7) is 6.26. The second-order valence-corrected chi connectivity index (χ2v) is 7.16. The normalized spacial score (nSPS) is 10.7. The third kappa shape index (κ3) is 4.05. The number of H-pyrrole nitrogens is 1. The predicted molar refractivity (Wildman–Crippen MR) is 115 cm³/mol. The first-order valence-electron chi connectivity index (χ1n) is 9.38. The Bertz CT molecular complexity index is 1160. The van der Waals surface area contributed by atoms with Crippen molar-refractivity contribution in [3.63, 3.8) is 0 Å². The molecule has 2 aromatic heterocycles. The number of aromatic amines is 1. The second kappa shape index (κ2) is 7.58. The van der Waals surface area contributed by atoms with Gasteiger partial charge in [0.25, 0.3) is 0 Å². The molecule has 2 heterocycles. The first kappa shape index (κ1) is 17.8.